The summed E-state index contributed by atoms with van der Waals surface area (Å²) in [7, 11) is -5.06. The second-order valence-corrected chi connectivity index (χ2v) is 17.8. The monoisotopic (exact) mass is 889 g/mol. The summed E-state index contributed by atoms with van der Waals surface area (Å²) in [4.78, 5) is 12.9. The van der Waals surface area contributed by atoms with Crippen LogP contribution < -0.4 is 0 Å². The van der Waals surface area contributed by atoms with Crippen molar-refractivity contribution in [3.63, 3.8) is 0 Å². The Hall–Kier alpha value is -1.68. The molecule has 1 fully saturated rings. The summed E-state index contributed by atoms with van der Waals surface area (Å²) in [6.45, 7) is 3.95. The number of ether oxygens (including phenoxy) is 4. The van der Waals surface area contributed by atoms with Gasteiger partial charge in [0.05, 0.1) is 19.8 Å². The molecule has 1 aliphatic rings. The van der Waals surface area contributed by atoms with Crippen molar-refractivity contribution in [2.45, 2.75) is 237 Å². The lowest BCUT2D eigenvalue weighted by Crippen LogP contribution is -2.60. The molecule has 61 heavy (non-hydrogen) atoms. The summed E-state index contributed by atoms with van der Waals surface area (Å²) in [5.41, 5.74) is 0. The summed E-state index contributed by atoms with van der Waals surface area (Å²) >= 11 is 0. The molecule has 1 heterocycles. The van der Waals surface area contributed by atoms with Gasteiger partial charge in [0.25, 0.3) is 0 Å². The van der Waals surface area contributed by atoms with Crippen molar-refractivity contribution in [1.82, 2.24) is 0 Å². The standard InChI is InChI=1S/C48H88O12S/c1-3-5-7-9-11-13-15-17-19-20-21-22-23-24-26-28-30-32-34-36-38-56-40-42(41-57-48-46(52)47(60-61(53,54)55)45(51)43(39-49)59-48)58-44(50)37-35-33-31-29-27-25-18-16-14-12-10-8-6-4-2/h11,13,17,19,21-22,42-43,45-49,51-52H,3-10,12,14-16,18,20,23-41H2,1-2H3,(H,53,54,55)/b13-11-,19-17-,22-21-. The van der Waals surface area contributed by atoms with Gasteiger partial charge in [0, 0.05) is 13.0 Å². The van der Waals surface area contributed by atoms with Gasteiger partial charge in [0.1, 0.15) is 30.5 Å². The fourth-order valence-corrected chi connectivity index (χ4v) is 7.84. The van der Waals surface area contributed by atoms with E-state index in [4.69, 9.17) is 23.5 Å². The van der Waals surface area contributed by atoms with E-state index in [1.54, 1.807) is 0 Å². The molecular weight excluding hydrogens is 801 g/mol. The maximum Gasteiger partial charge on any atom is 0.397 e. The maximum absolute atomic E-state index is 12.9. The normalized spacial score (nSPS) is 20.4. The predicted octanol–water partition coefficient (Wildman–Crippen LogP) is 10.6. The minimum atomic E-state index is -5.06. The highest BCUT2D eigenvalue weighted by Gasteiger charge is 2.48. The fourth-order valence-electron chi connectivity index (χ4n) is 7.33. The van der Waals surface area contributed by atoms with Crippen LogP contribution in [0.3, 0.4) is 0 Å². The number of allylic oxidation sites excluding steroid dienone is 6. The van der Waals surface area contributed by atoms with Crippen LogP contribution >= 0.6 is 0 Å². The molecule has 6 unspecified atom stereocenters. The fraction of sp³-hybridized carbons (Fsp3) is 0.854. The van der Waals surface area contributed by atoms with Gasteiger partial charge < -0.3 is 34.3 Å². The second kappa shape index (κ2) is 39.9. The van der Waals surface area contributed by atoms with Crippen LogP contribution in [0, 0.1) is 0 Å². The van der Waals surface area contributed by atoms with E-state index in [1.165, 1.54) is 116 Å². The number of hydrogen-bond acceptors (Lipinski definition) is 11. The smallest absolute Gasteiger partial charge is 0.397 e. The Balaban J connectivity index is 2.39. The van der Waals surface area contributed by atoms with E-state index >= 15 is 0 Å². The number of aliphatic hydroxyl groups is 3. The highest BCUT2D eigenvalue weighted by molar-refractivity contribution is 7.80. The van der Waals surface area contributed by atoms with Gasteiger partial charge in [-0.2, -0.15) is 8.42 Å². The molecule has 0 radical (unpaired) electrons. The summed E-state index contributed by atoms with van der Waals surface area (Å²) in [6, 6.07) is 0. The summed E-state index contributed by atoms with van der Waals surface area (Å²) in [5.74, 6) is -0.402. The van der Waals surface area contributed by atoms with Crippen molar-refractivity contribution >= 4 is 16.4 Å². The molecule has 358 valence electrons. The zero-order valence-electron chi connectivity index (χ0n) is 38.2. The lowest BCUT2D eigenvalue weighted by molar-refractivity contribution is -0.301. The number of carbonyl (C=O) groups is 1. The molecule has 12 nitrogen and oxygen atoms in total. The maximum atomic E-state index is 12.9. The molecule has 1 aliphatic heterocycles. The molecule has 0 amide bonds. The third kappa shape index (κ3) is 33.5. The van der Waals surface area contributed by atoms with Crippen LogP contribution in [-0.4, -0.2) is 97.5 Å². The Morgan fingerprint density at radius 2 is 1.08 bits per heavy atom. The molecule has 0 aromatic carbocycles. The molecule has 13 heteroatoms. The highest BCUT2D eigenvalue weighted by atomic mass is 32.3. The largest absolute Gasteiger partial charge is 0.457 e. The molecule has 0 aromatic heterocycles. The Bertz CT molecular complexity index is 1210. The molecule has 0 bridgehead atoms. The lowest BCUT2D eigenvalue weighted by atomic mass is 9.99. The predicted molar refractivity (Wildman–Crippen MR) is 243 cm³/mol. The van der Waals surface area contributed by atoms with E-state index < -0.39 is 59.8 Å². The Morgan fingerprint density at radius 1 is 0.623 bits per heavy atom. The van der Waals surface area contributed by atoms with Crippen LogP contribution in [0.2, 0.25) is 0 Å². The number of unbranched alkanes of at least 4 members (excludes halogenated alkanes) is 23. The first-order valence-electron chi connectivity index (χ1n) is 24.2. The molecular formula is C48H88O12S. The van der Waals surface area contributed by atoms with Crippen LogP contribution in [0.25, 0.3) is 0 Å². The third-order valence-electron chi connectivity index (χ3n) is 11.0. The third-order valence-corrected chi connectivity index (χ3v) is 11.5. The van der Waals surface area contributed by atoms with Crippen molar-refractivity contribution < 1.29 is 56.2 Å². The molecule has 0 aromatic rings. The minimum Gasteiger partial charge on any atom is -0.457 e. The van der Waals surface area contributed by atoms with E-state index in [2.05, 4.69) is 54.5 Å². The number of esters is 1. The number of aliphatic hydroxyl groups excluding tert-OH is 3. The number of rotatable bonds is 42. The first-order chi connectivity index (χ1) is 29.6. The zero-order valence-corrected chi connectivity index (χ0v) is 39.0. The van der Waals surface area contributed by atoms with Gasteiger partial charge in [-0.15, -0.1) is 0 Å². The van der Waals surface area contributed by atoms with Crippen molar-refractivity contribution in [2.75, 3.05) is 26.4 Å². The van der Waals surface area contributed by atoms with Gasteiger partial charge in [-0.1, -0.05) is 179 Å². The van der Waals surface area contributed by atoms with Gasteiger partial charge in [-0.3, -0.25) is 9.35 Å². The van der Waals surface area contributed by atoms with E-state index in [-0.39, 0.29) is 19.6 Å². The zero-order chi connectivity index (χ0) is 44.7. The molecule has 1 saturated heterocycles. The van der Waals surface area contributed by atoms with Crippen molar-refractivity contribution in [3.8, 4) is 0 Å². The Kier molecular flexibility index (Phi) is 37.5. The number of hydrogen-bond donors (Lipinski definition) is 4. The Labute approximate surface area is 371 Å². The highest BCUT2D eigenvalue weighted by Crippen LogP contribution is 2.26. The number of carbonyl (C=O) groups excluding carboxylic acids is 1. The van der Waals surface area contributed by atoms with Gasteiger partial charge in [-0.05, 0) is 51.4 Å². The second-order valence-electron chi connectivity index (χ2n) is 16.7. The molecule has 6 atom stereocenters. The van der Waals surface area contributed by atoms with E-state index in [1.807, 2.05) is 0 Å². The first kappa shape index (κ1) is 57.3. The van der Waals surface area contributed by atoms with Crippen LogP contribution in [0.15, 0.2) is 36.5 Å². The molecule has 0 spiro atoms. The van der Waals surface area contributed by atoms with Gasteiger partial charge >= 0.3 is 16.4 Å². The van der Waals surface area contributed by atoms with E-state index in [0.29, 0.717) is 13.0 Å². The average Bonchev–Trinajstić information content (AvgIpc) is 3.23. The summed E-state index contributed by atoms with van der Waals surface area (Å²) < 4.78 is 59.1. The molecule has 0 saturated carbocycles. The van der Waals surface area contributed by atoms with Crippen LogP contribution in [0.1, 0.15) is 200 Å². The van der Waals surface area contributed by atoms with Crippen molar-refractivity contribution in [1.29, 1.82) is 0 Å². The molecule has 0 aliphatic carbocycles. The van der Waals surface area contributed by atoms with E-state index in [0.717, 1.165) is 57.8 Å². The quantitative estimate of drug-likeness (QED) is 0.0198. The molecule has 1 rings (SSSR count). The van der Waals surface area contributed by atoms with Gasteiger partial charge in [0.2, 0.25) is 0 Å². The molecule has 4 N–H and O–H groups in total. The van der Waals surface area contributed by atoms with Crippen LogP contribution in [0.5, 0.6) is 0 Å². The minimum absolute atomic E-state index is 0.0315. The summed E-state index contributed by atoms with van der Waals surface area (Å²) in [5, 5.41) is 30.7. The Morgan fingerprint density at radius 3 is 1.61 bits per heavy atom. The van der Waals surface area contributed by atoms with Crippen molar-refractivity contribution in [3.05, 3.63) is 36.5 Å². The van der Waals surface area contributed by atoms with Gasteiger partial charge in [-0.25, -0.2) is 4.18 Å². The lowest BCUT2D eigenvalue weighted by Gasteiger charge is -2.41. The average molecular weight is 889 g/mol. The van der Waals surface area contributed by atoms with E-state index in [9.17, 15) is 28.5 Å². The first-order valence-corrected chi connectivity index (χ1v) is 25.6. The topological polar surface area (TPSA) is 178 Å². The van der Waals surface area contributed by atoms with Gasteiger partial charge in [0.15, 0.2) is 6.29 Å². The van der Waals surface area contributed by atoms with Crippen molar-refractivity contribution in [2.24, 2.45) is 0 Å². The van der Waals surface area contributed by atoms with Crippen LogP contribution in [-0.2, 0) is 38.3 Å². The SMILES string of the molecule is CCCCC/C=C\C/C=C\C/C=C\CCCCCCCCCOCC(COC1OC(CO)C(O)C(OS(=O)(=O)O)C1O)OC(=O)CCCCCCCCCCCCCCCC. The van der Waals surface area contributed by atoms with Crippen LogP contribution in [0.4, 0.5) is 0 Å². The summed E-state index contributed by atoms with van der Waals surface area (Å²) in [6.07, 6.45) is 37.4.